The van der Waals surface area contributed by atoms with Crippen LogP contribution in [0.5, 0.6) is 11.5 Å². The first-order valence-corrected chi connectivity index (χ1v) is 6.06. The van der Waals surface area contributed by atoms with Crippen molar-refractivity contribution in [2.75, 3.05) is 5.32 Å². The Labute approximate surface area is 120 Å². The Morgan fingerprint density at radius 1 is 1.19 bits per heavy atom. The molecule has 0 saturated carbocycles. The summed E-state index contributed by atoms with van der Waals surface area (Å²) in [5.74, 6) is 0.391. The van der Waals surface area contributed by atoms with Gasteiger partial charge in [-0.1, -0.05) is 0 Å². The predicted octanol–water partition coefficient (Wildman–Crippen LogP) is 1.77. The molecule has 1 aromatic heterocycles. The number of aromatic nitrogens is 1. The summed E-state index contributed by atoms with van der Waals surface area (Å²) in [5.41, 5.74) is 11.7. The summed E-state index contributed by atoms with van der Waals surface area (Å²) < 4.78 is 5.67. The van der Waals surface area contributed by atoms with Crippen LogP contribution in [0.25, 0.3) is 0 Å². The first-order chi connectivity index (χ1) is 9.95. The number of primary amides is 2. The highest BCUT2D eigenvalue weighted by atomic mass is 16.5. The van der Waals surface area contributed by atoms with Crippen LogP contribution in [0.15, 0.2) is 36.5 Å². The molecule has 108 valence electrons. The molecule has 0 unspecified atom stereocenters. The summed E-state index contributed by atoms with van der Waals surface area (Å²) in [5, 5.41) is 2.47. The first kappa shape index (κ1) is 14.3. The van der Waals surface area contributed by atoms with Crippen molar-refractivity contribution in [2.24, 2.45) is 11.5 Å². The number of hydrogen-bond donors (Lipinski definition) is 3. The minimum atomic E-state index is -0.636. The molecule has 5 N–H and O–H groups in total. The van der Waals surface area contributed by atoms with Crippen molar-refractivity contribution in [3.8, 4) is 11.5 Å². The van der Waals surface area contributed by atoms with Crippen molar-refractivity contribution >= 4 is 17.6 Å². The Morgan fingerprint density at radius 2 is 1.95 bits per heavy atom. The minimum Gasteiger partial charge on any atom is -0.457 e. The molecular formula is C14H14N4O3. The number of benzene rings is 1. The lowest BCUT2D eigenvalue weighted by molar-refractivity contribution is 0.0995. The molecule has 0 fully saturated rings. The number of hydrogen-bond acceptors (Lipinski definition) is 4. The first-order valence-electron chi connectivity index (χ1n) is 6.06. The maximum Gasteiger partial charge on any atom is 0.316 e. The molecule has 2 rings (SSSR count). The van der Waals surface area contributed by atoms with Crippen molar-refractivity contribution in [1.82, 2.24) is 4.98 Å². The van der Waals surface area contributed by atoms with Crippen LogP contribution in [0.3, 0.4) is 0 Å². The number of carbonyl (C=O) groups excluding carboxylic acids is 2. The molecule has 0 radical (unpaired) electrons. The summed E-state index contributed by atoms with van der Waals surface area (Å²) in [6.45, 7) is 1.82. The molecule has 1 aromatic carbocycles. The largest absolute Gasteiger partial charge is 0.457 e. The minimum absolute atomic E-state index is 0.122. The van der Waals surface area contributed by atoms with Gasteiger partial charge >= 0.3 is 6.03 Å². The number of rotatable bonds is 4. The second kappa shape index (κ2) is 5.91. The second-order valence-electron chi connectivity index (χ2n) is 4.31. The highest BCUT2D eigenvalue weighted by Crippen LogP contribution is 2.27. The fraction of sp³-hybridized carbons (Fsp3) is 0.0714. The number of nitrogens with one attached hydrogen (secondary N) is 1. The molecule has 0 aliphatic heterocycles. The molecule has 0 bridgehead atoms. The molecular weight excluding hydrogens is 272 g/mol. The van der Waals surface area contributed by atoms with Gasteiger partial charge in [-0.3, -0.25) is 9.78 Å². The topological polar surface area (TPSA) is 120 Å². The molecule has 0 aliphatic rings. The van der Waals surface area contributed by atoms with Crippen molar-refractivity contribution in [3.05, 3.63) is 47.8 Å². The van der Waals surface area contributed by atoms with E-state index in [4.69, 9.17) is 16.2 Å². The Hall–Kier alpha value is -3.09. The van der Waals surface area contributed by atoms with Gasteiger partial charge in [0.2, 0.25) is 0 Å². The molecule has 1 heterocycles. The van der Waals surface area contributed by atoms with Crippen LogP contribution in [0.2, 0.25) is 0 Å². The van der Waals surface area contributed by atoms with E-state index in [0.717, 1.165) is 5.56 Å². The van der Waals surface area contributed by atoms with Crippen LogP contribution in [-0.2, 0) is 0 Å². The number of pyridine rings is 1. The van der Waals surface area contributed by atoms with E-state index < -0.39 is 11.9 Å². The highest BCUT2D eigenvalue weighted by molar-refractivity contribution is 5.91. The van der Waals surface area contributed by atoms with Crippen LogP contribution in [-0.4, -0.2) is 16.9 Å². The third kappa shape index (κ3) is 3.69. The van der Waals surface area contributed by atoms with Gasteiger partial charge in [0, 0.05) is 18.0 Å². The molecule has 7 heteroatoms. The number of nitrogens with zero attached hydrogens (tertiary/aromatic N) is 1. The number of anilines is 1. The number of aryl methyl sites for hydroxylation is 1. The quantitative estimate of drug-likeness (QED) is 0.793. The van der Waals surface area contributed by atoms with Crippen LogP contribution < -0.4 is 21.5 Å². The normalized spacial score (nSPS) is 9.95. The van der Waals surface area contributed by atoms with Crippen molar-refractivity contribution < 1.29 is 14.3 Å². The Bertz CT molecular complexity index is 700. The maximum absolute atomic E-state index is 11.1. The van der Waals surface area contributed by atoms with Crippen molar-refractivity contribution in [2.45, 2.75) is 6.92 Å². The summed E-state index contributed by atoms with van der Waals surface area (Å²) in [6, 6.07) is 7.49. The van der Waals surface area contributed by atoms with Gasteiger partial charge < -0.3 is 21.5 Å². The number of carbonyl (C=O) groups is 2. The lowest BCUT2D eigenvalue weighted by Gasteiger charge is -2.10. The highest BCUT2D eigenvalue weighted by Gasteiger charge is 2.07. The monoisotopic (exact) mass is 286 g/mol. The zero-order chi connectivity index (χ0) is 15.4. The number of amides is 3. The third-order valence-electron chi connectivity index (χ3n) is 2.65. The van der Waals surface area contributed by atoms with Crippen LogP contribution >= 0.6 is 0 Å². The summed E-state index contributed by atoms with van der Waals surface area (Å²) in [7, 11) is 0. The van der Waals surface area contributed by atoms with Gasteiger partial charge in [-0.25, -0.2) is 4.79 Å². The molecule has 0 spiro atoms. The van der Waals surface area contributed by atoms with E-state index in [-0.39, 0.29) is 5.69 Å². The fourth-order valence-corrected chi connectivity index (χ4v) is 1.72. The molecule has 0 atom stereocenters. The fourth-order valence-electron chi connectivity index (χ4n) is 1.72. The lowest BCUT2D eigenvalue weighted by atomic mass is 10.2. The summed E-state index contributed by atoms with van der Waals surface area (Å²) in [6.07, 6.45) is 1.44. The van der Waals surface area contributed by atoms with Gasteiger partial charge in [0.15, 0.2) is 0 Å². The molecule has 21 heavy (non-hydrogen) atoms. The Kier molecular flexibility index (Phi) is 4.03. The number of nitrogens with two attached hydrogens (primary N) is 2. The summed E-state index contributed by atoms with van der Waals surface area (Å²) >= 11 is 0. The van der Waals surface area contributed by atoms with Crippen LogP contribution in [0, 0.1) is 6.92 Å². The zero-order valence-corrected chi connectivity index (χ0v) is 11.3. The average molecular weight is 286 g/mol. The van der Waals surface area contributed by atoms with Crippen LogP contribution in [0.1, 0.15) is 16.1 Å². The molecule has 2 aromatic rings. The summed E-state index contributed by atoms with van der Waals surface area (Å²) in [4.78, 5) is 25.7. The van der Waals surface area contributed by atoms with Gasteiger partial charge in [-0.05, 0) is 36.8 Å². The Morgan fingerprint density at radius 3 is 2.57 bits per heavy atom. The molecule has 7 nitrogen and oxygen atoms in total. The van der Waals surface area contributed by atoms with E-state index >= 15 is 0 Å². The number of ether oxygens (including phenoxy) is 1. The van der Waals surface area contributed by atoms with E-state index in [1.807, 2.05) is 6.92 Å². The van der Waals surface area contributed by atoms with Crippen molar-refractivity contribution in [1.29, 1.82) is 0 Å². The third-order valence-corrected chi connectivity index (χ3v) is 2.65. The van der Waals surface area contributed by atoms with E-state index in [1.165, 1.54) is 12.3 Å². The van der Waals surface area contributed by atoms with E-state index in [0.29, 0.717) is 17.2 Å². The zero-order valence-electron chi connectivity index (χ0n) is 11.3. The standard InChI is InChI=1S/C14H14N4O3/c1-8-6-9(18-14(16)20)2-3-12(8)21-10-4-5-17-11(7-10)13(15)19/h2-7H,1H3,(H2,15,19)(H3,16,18,20). The van der Waals surface area contributed by atoms with E-state index in [2.05, 4.69) is 10.3 Å². The van der Waals surface area contributed by atoms with E-state index in [9.17, 15) is 9.59 Å². The van der Waals surface area contributed by atoms with Gasteiger partial charge in [-0.15, -0.1) is 0 Å². The van der Waals surface area contributed by atoms with Gasteiger partial charge in [0.25, 0.3) is 5.91 Å². The van der Waals surface area contributed by atoms with Crippen LogP contribution in [0.4, 0.5) is 10.5 Å². The predicted molar refractivity (Wildman–Crippen MR) is 77.2 cm³/mol. The van der Waals surface area contributed by atoms with E-state index in [1.54, 1.807) is 24.3 Å². The SMILES string of the molecule is Cc1cc(NC(N)=O)ccc1Oc1ccnc(C(N)=O)c1. The lowest BCUT2D eigenvalue weighted by Crippen LogP contribution is -2.19. The second-order valence-corrected chi connectivity index (χ2v) is 4.31. The van der Waals surface area contributed by atoms with Gasteiger partial charge in [-0.2, -0.15) is 0 Å². The Balaban J connectivity index is 2.21. The smallest absolute Gasteiger partial charge is 0.316 e. The molecule has 3 amide bonds. The van der Waals surface area contributed by atoms with Crippen molar-refractivity contribution in [3.63, 3.8) is 0 Å². The average Bonchev–Trinajstić information content (AvgIpc) is 2.41. The molecule has 0 saturated heterocycles. The molecule has 0 aliphatic carbocycles. The number of urea groups is 1. The van der Waals surface area contributed by atoms with Gasteiger partial charge in [0.1, 0.15) is 17.2 Å². The maximum atomic E-state index is 11.1. The van der Waals surface area contributed by atoms with Gasteiger partial charge in [0.05, 0.1) is 0 Å².